The first kappa shape index (κ1) is 16.0. The van der Waals surface area contributed by atoms with Crippen molar-refractivity contribution in [2.75, 3.05) is 4.90 Å². The summed E-state index contributed by atoms with van der Waals surface area (Å²) < 4.78 is 29.0. The third-order valence-corrected chi connectivity index (χ3v) is 3.96. The molecule has 0 saturated heterocycles. The van der Waals surface area contributed by atoms with Crippen molar-refractivity contribution in [3.05, 3.63) is 58.9 Å². The van der Waals surface area contributed by atoms with E-state index in [-0.39, 0.29) is 29.1 Å². The average molecular weight is 329 g/mol. The van der Waals surface area contributed by atoms with Crippen LogP contribution in [0.5, 0.6) is 0 Å². The lowest BCUT2D eigenvalue weighted by Crippen LogP contribution is -2.34. The maximum Gasteiger partial charge on any atom is 0.352 e. The van der Waals surface area contributed by atoms with Gasteiger partial charge >= 0.3 is 11.8 Å². The lowest BCUT2D eigenvalue weighted by molar-refractivity contribution is -0.141. The number of hydrogen-bond acceptors (Lipinski definition) is 4. The van der Waals surface area contributed by atoms with Crippen LogP contribution in [-0.4, -0.2) is 16.0 Å². The molecule has 2 aromatic rings. The van der Waals surface area contributed by atoms with Gasteiger partial charge in [-0.2, -0.15) is 14.0 Å². The zero-order chi connectivity index (χ0) is 17.5. The molecular formula is C17H13F2N3O2. The van der Waals surface area contributed by atoms with Gasteiger partial charge in [0, 0.05) is 6.20 Å². The number of anilines is 1. The Morgan fingerprint density at radius 1 is 1.38 bits per heavy atom. The second-order valence-corrected chi connectivity index (χ2v) is 5.49. The van der Waals surface area contributed by atoms with E-state index in [2.05, 4.69) is 4.98 Å². The highest BCUT2D eigenvalue weighted by atomic mass is 19.3. The minimum Gasteiger partial charge on any atom is -0.389 e. The predicted octanol–water partition coefficient (Wildman–Crippen LogP) is 2.65. The normalized spacial score (nSPS) is 16.6. The number of aliphatic hydroxyl groups is 1. The van der Waals surface area contributed by atoms with Crippen molar-refractivity contribution in [2.45, 2.75) is 25.5 Å². The van der Waals surface area contributed by atoms with Crippen LogP contribution in [0.3, 0.4) is 0 Å². The van der Waals surface area contributed by atoms with Crippen molar-refractivity contribution in [3.63, 3.8) is 0 Å². The Bertz CT molecular complexity index is 859. The van der Waals surface area contributed by atoms with E-state index in [9.17, 15) is 18.7 Å². The summed E-state index contributed by atoms with van der Waals surface area (Å²) in [5.41, 5.74) is 0.000423. The summed E-state index contributed by atoms with van der Waals surface area (Å²) in [4.78, 5) is 17.2. The van der Waals surface area contributed by atoms with Gasteiger partial charge in [0.25, 0.3) is 0 Å². The molecule has 1 aromatic carbocycles. The highest BCUT2D eigenvalue weighted by Gasteiger charge is 2.54. The molecular weight excluding hydrogens is 316 g/mol. The molecule has 0 bridgehead atoms. The third kappa shape index (κ3) is 2.32. The molecule has 1 aliphatic heterocycles. The number of benzene rings is 1. The van der Waals surface area contributed by atoms with Crippen LogP contribution in [0.1, 0.15) is 35.4 Å². The van der Waals surface area contributed by atoms with Crippen LogP contribution in [-0.2, 0) is 17.3 Å². The number of aliphatic hydroxyl groups excluding tert-OH is 1. The molecule has 1 atom stereocenters. The topological polar surface area (TPSA) is 77.2 Å². The van der Waals surface area contributed by atoms with Crippen molar-refractivity contribution >= 4 is 11.6 Å². The summed E-state index contributed by atoms with van der Waals surface area (Å²) in [6, 6.07) is 9.27. The molecule has 2 heterocycles. The van der Waals surface area contributed by atoms with E-state index < -0.39 is 23.5 Å². The van der Waals surface area contributed by atoms with Gasteiger partial charge in [-0.3, -0.25) is 9.78 Å². The number of carbonyl (C=O) groups excluding carboxylic acids is 1. The average Bonchev–Trinajstić information content (AvgIpc) is 2.76. The second kappa shape index (κ2) is 5.65. The molecule has 3 rings (SSSR count). The first-order valence-electron chi connectivity index (χ1n) is 7.23. The number of rotatable bonds is 3. The molecule has 7 heteroatoms. The quantitative estimate of drug-likeness (QED) is 0.939. The van der Waals surface area contributed by atoms with Gasteiger partial charge in [0.15, 0.2) is 0 Å². The van der Waals surface area contributed by atoms with Crippen LogP contribution < -0.4 is 4.90 Å². The number of amides is 1. The largest absolute Gasteiger partial charge is 0.389 e. The predicted molar refractivity (Wildman–Crippen MR) is 81.1 cm³/mol. The van der Waals surface area contributed by atoms with Crippen molar-refractivity contribution < 1.29 is 18.7 Å². The lowest BCUT2D eigenvalue weighted by Gasteiger charge is -2.17. The number of aromatic nitrogens is 1. The number of nitrogens with zero attached hydrogens (tertiary/aromatic N) is 3. The van der Waals surface area contributed by atoms with Gasteiger partial charge in [-0.05, 0) is 30.7 Å². The van der Waals surface area contributed by atoms with E-state index >= 15 is 0 Å². The van der Waals surface area contributed by atoms with Gasteiger partial charge in [0.1, 0.15) is 6.07 Å². The molecule has 0 saturated carbocycles. The van der Waals surface area contributed by atoms with Crippen molar-refractivity contribution in [2.24, 2.45) is 0 Å². The molecule has 1 N–H and O–H groups in total. The Morgan fingerprint density at radius 3 is 2.79 bits per heavy atom. The van der Waals surface area contributed by atoms with Crippen molar-refractivity contribution in [1.82, 2.24) is 4.98 Å². The monoisotopic (exact) mass is 329 g/mol. The molecule has 1 aromatic heterocycles. The highest BCUT2D eigenvalue weighted by molar-refractivity contribution is 6.06. The van der Waals surface area contributed by atoms with Crippen molar-refractivity contribution in [1.29, 1.82) is 5.26 Å². The van der Waals surface area contributed by atoms with E-state index in [1.54, 1.807) is 6.07 Å². The number of halogens is 2. The van der Waals surface area contributed by atoms with Crippen LogP contribution in [0, 0.1) is 11.3 Å². The molecule has 24 heavy (non-hydrogen) atoms. The van der Waals surface area contributed by atoms with Crippen molar-refractivity contribution in [3.8, 4) is 6.07 Å². The molecule has 5 nitrogen and oxygen atoms in total. The standard InChI is InChI=1S/C17H13F2N3O2/c1-10(23)12-5-2-6-14-15(12)17(18,19)16(24)22(14)9-13-11(8-20)4-3-7-21-13/h2-7,10,23H,9H2,1H3/t10-/m0/s1. The molecule has 1 amide bonds. The molecule has 1 aliphatic rings. The van der Waals surface area contributed by atoms with E-state index in [1.807, 2.05) is 6.07 Å². The highest BCUT2D eigenvalue weighted by Crippen LogP contribution is 2.47. The zero-order valence-electron chi connectivity index (χ0n) is 12.7. The Labute approximate surface area is 136 Å². The van der Waals surface area contributed by atoms with Gasteiger partial charge < -0.3 is 10.0 Å². The number of nitriles is 1. The molecule has 0 unspecified atom stereocenters. The Hall–Kier alpha value is -2.85. The number of pyridine rings is 1. The van der Waals surface area contributed by atoms with Gasteiger partial charge in [-0.25, -0.2) is 0 Å². The van der Waals surface area contributed by atoms with Gasteiger partial charge in [-0.1, -0.05) is 12.1 Å². The maximum atomic E-state index is 14.5. The minimum atomic E-state index is -3.73. The molecule has 0 aliphatic carbocycles. The maximum absolute atomic E-state index is 14.5. The zero-order valence-corrected chi connectivity index (χ0v) is 12.7. The van der Waals surface area contributed by atoms with Crippen LogP contribution in [0.2, 0.25) is 0 Å². The van der Waals surface area contributed by atoms with E-state index in [0.717, 1.165) is 4.90 Å². The van der Waals surface area contributed by atoms with Crippen LogP contribution >= 0.6 is 0 Å². The summed E-state index contributed by atoms with van der Waals surface area (Å²) >= 11 is 0. The molecule has 0 fully saturated rings. The Kier molecular flexibility index (Phi) is 3.78. The van der Waals surface area contributed by atoms with Gasteiger partial charge in [0.2, 0.25) is 0 Å². The fourth-order valence-corrected chi connectivity index (χ4v) is 2.83. The summed E-state index contributed by atoms with van der Waals surface area (Å²) in [6.45, 7) is 1.12. The SMILES string of the molecule is C[C@H](O)c1cccc2c1C(F)(F)C(=O)N2Cc1ncccc1C#N. The summed E-state index contributed by atoms with van der Waals surface area (Å²) in [6.07, 6.45) is 0.297. The first-order chi connectivity index (χ1) is 11.4. The number of carbonyl (C=O) groups is 1. The second-order valence-electron chi connectivity index (χ2n) is 5.49. The third-order valence-electron chi connectivity index (χ3n) is 3.96. The minimum absolute atomic E-state index is 0.00915. The summed E-state index contributed by atoms with van der Waals surface area (Å²) in [7, 11) is 0. The van der Waals surface area contributed by atoms with Gasteiger partial charge in [-0.15, -0.1) is 0 Å². The van der Waals surface area contributed by atoms with Crippen LogP contribution in [0.4, 0.5) is 14.5 Å². The molecule has 0 radical (unpaired) electrons. The summed E-state index contributed by atoms with van der Waals surface area (Å²) in [5.74, 6) is -5.12. The number of fused-ring (bicyclic) bond motifs is 1. The molecule has 122 valence electrons. The Morgan fingerprint density at radius 2 is 2.12 bits per heavy atom. The Balaban J connectivity index is 2.11. The lowest BCUT2D eigenvalue weighted by atomic mass is 9.98. The number of hydrogen-bond donors (Lipinski definition) is 1. The first-order valence-corrected chi connectivity index (χ1v) is 7.23. The number of alkyl halides is 2. The van der Waals surface area contributed by atoms with E-state index in [1.165, 1.54) is 37.4 Å². The van der Waals surface area contributed by atoms with Crippen LogP contribution in [0.25, 0.3) is 0 Å². The van der Waals surface area contributed by atoms with Crippen LogP contribution in [0.15, 0.2) is 36.5 Å². The van der Waals surface area contributed by atoms with E-state index in [0.29, 0.717) is 0 Å². The van der Waals surface area contributed by atoms with E-state index in [4.69, 9.17) is 5.26 Å². The fraction of sp³-hybridized carbons (Fsp3) is 0.235. The van der Waals surface area contributed by atoms with Gasteiger partial charge in [0.05, 0.1) is 35.2 Å². The smallest absolute Gasteiger partial charge is 0.352 e. The summed E-state index contributed by atoms with van der Waals surface area (Å²) in [5, 5.41) is 18.8. The molecule has 0 spiro atoms. The fourth-order valence-electron chi connectivity index (χ4n) is 2.83.